The van der Waals surface area contributed by atoms with Crippen LogP contribution in [-0.4, -0.2) is 37.7 Å². The fraction of sp³-hybridized carbons (Fsp3) is 0.310. The largest absolute Gasteiger partial charge is 0.441 e. The topological polar surface area (TPSA) is 64.6 Å². The van der Waals surface area contributed by atoms with Crippen molar-refractivity contribution in [2.24, 2.45) is 5.92 Å². The maximum Gasteiger partial charge on any atom is 0.410 e. The van der Waals surface area contributed by atoms with Crippen LogP contribution in [0.25, 0.3) is 27.1 Å². The van der Waals surface area contributed by atoms with E-state index >= 15 is 0 Å². The molecule has 2 aromatic carbocycles. The van der Waals surface area contributed by atoms with E-state index in [2.05, 4.69) is 31.5 Å². The van der Waals surface area contributed by atoms with Crippen LogP contribution in [0.2, 0.25) is 0 Å². The molecule has 2 fully saturated rings. The van der Waals surface area contributed by atoms with Crippen LogP contribution in [0.4, 0.5) is 10.5 Å². The van der Waals surface area contributed by atoms with Crippen LogP contribution in [0.1, 0.15) is 31.2 Å². The number of hydrogen-bond donors (Lipinski definition) is 0. The third-order valence-electron chi connectivity index (χ3n) is 7.40. The van der Waals surface area contributed by atoms with Crippen LogP contribution in [-0.2, 0) is 17.8 Å². The number of pyridine rings is 1. The standard InChI is InChI=1S/C29H27N5O2/c1-30-24-10-11-26-27(15-24)34(20-32-26)18-22-7-5-12-29(16-22)19-33(28(35)36-29)17-21-6-4-8-23(14-21)25-9-2-3-13-31-25/h2-4,6,8-11,13-15,20,22H,5,7,12,16-19H2/t22-,29-/m0/s1. The average molecular weight is 478 g/mol. The van der Waals surface area contributed by atoms with Gasteiger partial charge in [0.15, 0.2) is 5.69 Å². The summed E-state index contributed by atoms with van der Waals surface area (Å²) < 4.78 is 8.22. The zero-order chi connectivity index (χ0) is 24.5. The molecule has 180 valence electrons. The van der Waals surface area contributed by atoms with E-state index in [1.54, 1.807) is 12.3 Å². The lowest BCUT2D eigenvalue weighted by molar-refractivity contribution is 0.00415. The summed E-state index contributed by atoms with van der Waals surface area (Å²) in [5, 5.41) is 0. The molecule has 3 heterocycles. The van der Waals surface area contributed by atoms with E-state index in [4.69, 9.17) is 11.3 Å². The van der Waals surface area contributed by atoms with E-state index in [-0.39, 0.29) is 6.09 Å². The minimum absolute atomic E-state index is 0.228. The maximum atomic E-state index is 12.9. The van der Waals surface area contributed by atoms with Crippen LogP contribution in [0, 0.1) is 12.5 Å². The minimum Gasteiger partial charge on any atom is -0.441 e. The first-order valence-corrected chi connectivity index (χ1v) is 12.4. The molecule has 2 aromatic heterocycles. The molecule has 4 aromatic rings. The zero-order valence-electron chi connectivity index (χ0n) is 20.0. The van der Waals surface area contributed by atoms with Crippen molar-refractivity contribution in [1.29, 1.82) is 0 Å². The molecule has 1 spiro atoms. The van der Waals surface area contributed by atoms with Crippen molar-refractivity contribution in [1.82, 2.24) is 19.4 Å². The Hall–Kier alpha value is -4.18. The van der Waals surface area contributed by atoms with Gasteiger partial charge in [0, 0.05) is 24.8 Å². The Morgan fingerprint density at radius 3 is 2.92 bits per heavy atom. The van der Waals surface area contributed by atoms with Gasteiger partial charge in [0.2, 0.25) is 0 Å². The maximum absolute atomic E-state index is 12.9. The highest BCUT2D eigenvalue weighted by molar-refractivity contribution is 5.79. The highest BCUT2D eigenvalue weighted by Crippen LogP contribution is 2.41. The van der Waals surface area contributed by atoms with Crippen molar-refractivity contribution in [2.75, 3.05) is 6.54 Å². The van der Waals surface area contributed by atoms with Gasteiger partial charge in [-0.15, -0.1) is 0 Å². The Balaban J connectivity index is 1.16. The van der Waals surface area contributed by atoms with Crippen LogP contribution < -0.4 is 0 Å². The van der Waals surface area contributed by atoms with Crippen LogP contribution in [0.3, 0.4) is 0 Å². The summed E-state index contributed by atoms with van der Waals surface area (Å²) in [6, 6.07) is 19.7. The molecule has 2 aliphatic rings. The molecule has 0 radical (unpaired) electrons. The van der Waals surface area contributed by atoms with Gasteiger partial charge >= 0.3 is 6.09 Å². The van der Waals surface area contributed by atoms with E-state index in [9.17, 15) is 4.79 Å². The molecule has 0 bridgehead atoms. The summed E-state index contributed by atoms with van der Waals surface area (Å²) >= 11 is 0. The van der Waals surface area contributed by atoms with E-state index in [1.165, 1.54) is 0 Å². The Kier molecular flexibility index (Phi) is 5.65. The lowest BCUT2D eigenvalue weighted by atomic mass is 9.78. The molecule has 7 heteroatoms. The van der Waals surface area contributed by atoms with Gasteiger partial charge in [0.25, 0.3) is 0 Å². The molecule has 1 aliphatic carbocycles. The number of benzene rings is 2. The van der Waals surface area contributed by atoms with Gasteiger partial charge in [0.05, 0.1) is 36.2 Å². The number of carbonyl (C=O) groups excluding carboxylic acids is 1. The third kappa shape index (κ3) is 4.31. The molecule has 0 unspecified atom stereocenters. The summed E-state index contributed by atoms with van der Waals surface area (Å²) in [7, 11) is 0. The van der Waals surface area contributed by atoms with Crippen molar-refractivity contribution < 1.29 is 9.53 Å². The Morgan fingerprint density at radius 2 is 2.06 bits per heavy atom. The highest BCUT2D eigenvalue weighted by atomic mass is 16.6. The smallest absolute Gasteiger partial charge is 0.410 e. The fourth-order valence-corrected chi connectivity index (χ4v) is 5.77. The molecule has 2 atom stereocenters. The molecule has 1 saturated heterocycles. The molecule has 1 aliphatic heterocycles. The predicted molar refractivity (Wildman–Crippen MR) is 137 cm³/mol. The molecular weight excluding hydrogens is 450 g/mol. The van der Waals surface area contributed by atoms with Gasteiger partial charge < -0.3 is 9.30 Å². The van der Waals surface area contributed by atoms with Gasteiger partial charge in [-0.2, -0.15) is 0 Å². The molecule has 0 N–H and O–H groups in total. The Morgan fingerprint density at radius 1 is 1.11 bits per heavy atom. The Bertz CT molecular complexity index is 1460. The summed E-state index contributed by atoms with van der Waals surface area (Å²) in [5.41, 5.74) is 5.11. The summed E-state index contributed by atoms with van der Waals surface area (Å²) in [6.45, 7) is 9.27. The van der Waals surface area contributed by atoms with E-state index in [1.807, 2.05) is 53.7 Å². The second-order valence-electron chi connectivity index (χ2n) is 9.97. The second kappa shape index (κ2) is 9.12. The van der Waals surface area contributed by atoms with Crippen LogP contribution in [0.5, 0.6) is 0 Å². The normalized spacial score (nSPS) is 21.6. The van der Waals surface area contributed by atoms with Gasteiger partial charge in [-0.1, -0.05) is 30.3 Å². The molecule has 1 amide bonds. The quantitative estimate of drug-likeness (QED) is 0.320. The van der Waals surface area contributed by atoms with Crippen molar-refractivity contribution in [3.05, 3.63) is 90.2 Å². The monoisotopic (exact) mass is 477 g/mol. The molecular formula is C29H27N5O2. The van der Waals surface area contributed by atoms with Crippen LogP contribution >= 0.6 is 0 Å². The van der Waals surface area contributed by atoms with E-state index < -0.39 is 5.60 Å². The van der Waals surface area contributed by atoms with E-state index in [0.29, 0.717) is 24.7 Å². The Labute approximate surface area is 210 Å². The summed E-state index contributed by atoms with van der Waals surface area (Å²) in [5.74, 6) is 0.382. The molecule has 7 nitrogen and oxygen atoms in total. The first-order valence-electron chi connectivity index (χ1n) is 12.4. The number of rotatable bonds is 5. The number of aromatic nitrogens is 3. The highest BCUT2D eigenvalue weighted by Gasteiger charge is 2.47. The molecule has 1 saturated carbocycles. The van der Waals surface area contributed by atoms with Gasteiger partial charge in [-0.05, 0) is 67.5 Å². The third-order valence-corrected chi connectivity index (χ3v) is 7.40. The van der Waals surface area contributed by atoms with Crippen molar-refractivity contribution in [2.45, 2.75) is 44.4 Å². The summed E-state index contributed by atoms with van der Waals surface area (Å²) in [4.78, 5) is 27.3. The number of hydrogen-bond acceptors (Lipinski definition) is 4. The average Bonchev–Trinajstić information content (AvgIpc) is 3.44. The van der Waals surface area contributed by atoms with Crippen molar-refractivity contribution in [3.63, 3.8) is 0 Å². The van der Waals surface area contributed by atoms with Gasteiger partial charge in [-0.3, -0.25) is 9.88 Å². The van der Waals surface area contributed by atoms with Crippen LogP contribution in [0.15, 0.2) is 73.2 Å². The fourth-order valence-electron chi connectivity index (χ4n) is 5.77. The molecule has 6 rings (SSSR count). The number of imidazole rings is 1. The lowest BCUT2D eigenvalue weighted by Gasteiger charge is -2.36. The predicted octanol–water partition coefficient (Wildman–Crippen LogP) is 6.23. The molecule has 36 heavy (non-hydrogen) atoms. The summed E-state index contributed by atoms with van der Waals surface area (Å²) in [6.07, 6.45) is 7.28. The number of amides is 1. The van der Waals surface area contributed by atoms with Gasteiger partial charge in [-0.25, -0.2) is 14.6 Å². The first-order chi connectivity index (χ1) is 17.6. The number of fused-ring (bicyclic) bond motifs is 1. The second-order valence-corrected chi connectivity index (χ2v) is 9.97. The number of ether oxygens (including phenoxy) is 1. The first kappa shape index (κ1) is 22.3. The SMILES string of the molecule is [C-]#[N+]c1ccc2ncn(C[C@H]3CCC[C@]4(C3)CN(Cc3cccc(-c5ccccn5)c3)C(=O)O4)c2c1. The minimum atomic E-state index is -0.434. The van der Waals surface area contributed by atoms with Gasteiger partial charge in [0.1, 0.15) is 5.60 Å². The van der Waals surface area contributed by atoms with E-state index in [0.717, 1.165) is 60.1 Å². The lowest BCUT2D eigenvalue weighted by Crippen LogP contribution is -2.40. The van der Waals surface area contributed by atoms with Crippen molar-refractivity contribution in [3.8, 4) is 11.3 Å². The zero-order valence-corrected chi connectivity index (χ0v) is 20.0. The number of nitrogens with zero attached hydrogens (tertiary/aromatic N) is 5. The number of carbonyl (C=O) groups is 1. The van der Waals surface area contributed by atoms with Crippen molar-refractivity contribution >= 4 is 22.8 Å².